The third-order valence-electron chi connectivity index (χ3n) is 6.61. The Morgan fingerprint density at radius 3 is 2.06 bits per heavy atom. The Balaban J connectivity index is 1.40. The average Bonchev–Trinajstić information content (AvgIpc) is 3.53. The summed E-state index contributed by atoms with van der Waals surface area (Å²) < 4.78 is 12.4. The van der Waals surface area contributed by atoms with Gasteiger partial charge in [-0.15, -0.1) is 0 Å². The number of benzene rings is 1. The number of hydrogen-bond acceptors (Lipinski definition) is 6. The Kier molecular flexibility index (Phi) is 5.11. The second-order valence-corrected chi connectivity index (χ2v) is 11.5. The van der Waals surface area contributed by atoms with Gasteiger partial charge >= 0.3 is 0 Å². The monoisotopic (exact) mass is 459 g/mol. The largest absolute Gasteiger partial charge is 0.456 e. The van der Waals surface area contributed by atoms with Gasteiger partial charge in [-0.3, -0.25) is 4.99 Å². The van der Waals surface area contributed by atoms with E-state index in [1.807, 2.05) is 30.5 Å². The molecule has 4 aromatic rings. The Morgan fingerprint density at radius 1 is 0.853 bits per heavy atom. The number of nitrogens with zero attached hydrogens (tertiary/aromatic N) is 2. The van der Waals surface area contributed by atoms with Crippen LogP contribution in [0.15, 0.2) is 50.5 Å². The van der Waals surface area contributed by atoms with E-state index in [1.54, 1.807) is 6.20 Å². The van der Waals surface area contributed by atoms with Gasteiger partial charge in [0.2, 0.25) is 0 Å². The number of H-pyrrole nitrogens is 1. The maximum absolute atomic E-state index is 6.41. The van der Waals surface area contributed by atoms with E-state index >= 15 is 0 Å². The predicted molar refractivity (Wildman–Crippen MR) is 137 cm³/mol. The molecule has 0 bridgehead atoms. The fraction of sp³-hybridized carbons (Fsp3) is 0.407. The van der Waals surface area contributed by atoms with E-state index in [4.69, 9.17) is 20.3 Å². The Bertz CT molecular complexity index is 1380. The van der Waals surface area contributed by atoms with E-state index in [9.17, 15) is 0 Å². The van der Waals surface area contributed by atoms with Crippen LogP contribution in [-0.4, -0.2) is 21.7 Å². The van der Waals surface area contributed by atoms with E-state index in [-0.39, 0.29) is 22.9 Å². The smallest absolute Gasteiger partial charge is 0.153 e. The molecule has 0 radical (unpaired) electrons. The number of allylic oxidation sites excluding steroid dienone is 1. The summed E-state index contributed by atoms with van der Waals surface area (Å²) in [6.45, 7) is 12.7. The van der Waals surface area contributed by atoms with E-state index in [0.29, 0.717) is 6.42 Å². The van der Waals surface area contributed by atoms with Crippen LogP contribution in [-0.2, 0) is 0 Å². The van der Waals surface area contributed by atoms with Crippen LogP contribution < -0.4 is 11.5 Å². The fourth-order valence-corrected chi connectivity index (χ4v) is 4.18. The van der Waals surface area contributed by atoms with E-state index in [2.05, 4.69) is 56.5 Å². The highest BCUT2D eigenvalue weighted by Crippen LogP contribution is 2.36. The van der Waals surface area contributed by atoms with Gasteiger partial charge in [0.05, 0.1) is 12.2 Å². The molecular formula is C27H33N5O2. The highest BCUT2D eigenvalue weighted by atomic mass is 16.3. The van der Waals surface area contributed by atoms with Gasteiger partial charge in [-0.05, 0) is 35.1 Å². The van der Waals surface area contributed by atoms with Crippen molar-refractivity contribution >= 4 is 33.2 Å². The summed E-state index contributed by atoms with van der Waals surface area (Å²) in [7, 11) is 0. The second kappa shape index (κ2) is 7.68. The Morgan fingerprint density at radius 2 is 1.44 bits per heavy atom. The molecule has 7 nitrogen and oxygen atoms in total. The van der Waals surface area contributed by atoms with E-state index < -0.39 is 0 Å². The molecule has 1 aliphatic rings. The van der Waals surface area contributed by atoms with Gasteiger partial charge in [-0.2, -0.15) is 0 Å². The molecule has 178 valence electrons. The van der Waals surface area contributed by atoms with Gasteiger partial charge in [-0.25, -0.2) is 4.98 Å². The lowest BCUT2D eigenvalue weighted by molar-refractivity contribution is 0.317. The first-order valence-corrected chi connectivity index (χ1v) is 11.7. The summed E-state index contributed by atoms with van der Waals surface area (Å²) in [5, 5.41) is 1.95. The van der Waals surface area contributed by atoms with Gasteiger partial charge in [0.1, 0.15) is 28.4 Å². The predicted octanol–water partition coefficient (Wildman–Crippen LogP) is 6.17. The van der Waals surface area contributed by atoms with Crippen LogP contribution in [0.2, 0.25) is 0 Å². The SMILES string of the molecule is CC(C)(C)[C@H](N)C1=NC=C(c2cc3cc4oc(-c5cnc([C@@H](N)C(C)(C)C)[nH]5)cc4cc3o2)C1. The summed E-state index contributed by atoms with van der Waals surface area (Å²) in [5.41, 5.74) is 17.1. The van der Waals surface area contributed by atoms with Crippen LogP contribution in [0.4, 0.5) is 0 Å². The molecule has 1 aliphatic heterocycles. The Hall–Kier alpha value is -3.16. The van der Waals surface area contributed by atoms with E-state index in [1.165, 1.54) is 0 Å². The summed E-state index contributed by atoms with van der Waals surface area (Å²) in [6.07, 6.45) is 4.35. The van der Waals surface area contributed by atoms with Crippen LogP contribution >= 0.6 is 0 Å². The van der Waals surface area contributed by atoms with Crippen molar-refractivity contribution in [3.05, 3.63) is 48.2 Å². The highest BCUT2D eigenvalue weighted by Gasteiger charge is 2.29. The number of aliphatic imine (C=N–C) groups is 1. The van der Waals surface area contributed by atoms with Gasteiger partial charge in [0.15, 0.2) is 5.76 Å². The van der Waals surface area contributed by atoms with Crippen molar-refractivity contribution < 1.29 is 8.83 Å². The molecule has 7 heteroatoms. The number of fused-ring (bicyclic) bond motifs is 2. The molecule has 5 rings (SSSR count). The third-order valence-corrected chi connectivity index (χ3v) is 6.61. The van der Waals surface area contributed by atoms with Crippen molar-refractivity contribution in [3.8, 4) is 11.5 Å². The average molecular weight is 460 g/mol. The lowest BCUT2D eigenvalue weighted by atomic mass is 9.83. The van der Waals surface area contributed by atoms with Gasteiger partial charge in [0.25, 0.3) is 0 Å². The first kappa shape index (κ1) is 22.6. The number of aromatic amines is 1. The lowest BCUT2D eigenvalue weighted by Gasteiger charge is -2.27. The number of nitrogens with one attached hydrogen (secondary N) is 1. The number of rotatable bonds is 4. The normalized spacial score (nSPS) is 16.8. The molecule has 3 aromatic heterocycles. The Labute approximate surface area is 199 Å². The summed E-state index contributed by atoms with van der Waals surface area (Å²) in [5.74, 6) is 2.28. The van der Waals surface area contributed by atoms with Crippen molar-refractivity contribution in [1.29, 1.82) is 0 Å². The number of hydrogen-bond donors (Lipinski definition) is 3. The van der Waals surface area contributed by atoms with Crippen molar-refractivity contribution in [1.82, 2.24) is 9.97 Å². The zero-order valence-corrected chi connectivity index (χ0v) is 20.7. The van der Waals surface area contributed by atoms with Crippen LogP contribution in [0.25, 0.3) is 39.0 Å². The highest BCUT2D eigenvalue weighted by molar-refractivity contribution is 6.03. The van der Waals surface area contributed by atoms with Crippen molar-refractivity contribution in [2.24, 2.45) is 27.3 Å². The standard InChI is InChI=1S/C27H33N5O2/c1-26(2,3)23(28)17-7-16(12-30-17)21-10-14-8-20-15(9-19(14)33-21)11-22(34-20)18-13-31-25(32-18)24(29)27(4,5)6/h8-13,23-24H,7,28-29H2,1-6H3,(H,31,32)/t23-,24-/m1/s1. The minimum Gasteiger partial charge on any atom is -0.456 e. The molecule has 0 saturated heterocycles. The number of aromatic nitrogens is 2. The zero-order chi connectivity index (χ0) is 24.4. The maximum Gasteiger partial charge on any atom is 0.153 e. The molecule has 0 spiro atoms. The minimum atomic E-state index is -0.196. The van der Waals surface area contributed by atoms with Crippen LogP contribution in [0, 0.1) is 10.8 Å². The van der Waals surface area contributed by atoms with Crippen molar-refractivity contribution in [2.45, 2.75) is 60.0 Å². The minimum absolute atomic E-state index is 0.0363. The fourth-order valence-electron chi connectivity index (χ4n) is 4.18. The topological polar surface area (TPSA) is 119 Å². The molecule has 0 amide bonds. The number of furan rings is 2. The summed E-state index contributed by atoms with van der Waals surface area (Å²) >= 11 is 0. The molecule has 1 aromatic carbocycles. The zero-order valence-electron chi connectivity index (χ0n) is 20.7. The third kappa shape index (κ3) is 3.99. The molecule has 0 fully saturated rings. The molecule has 0 saturated carbocycles. The molecule has 4 heterocycles. The van der Waals surface area contributed by atoms with Crippen molar-refractivity contribution in [2.75, 3.05) is 0 Å². The summed E-state index contributed by atoms with van der Waals surface area (Å²) in [4.78, 5) is 12.4. The first-order chi connectivity index (χ1) is 15.9. The first-order valence-electron chi connectivity index (χ1n) is 11.7. The molecular weight excluding hydrogens is 426 g/mol. The van der Waals surface area contributed by atoms with Crippen LogP contribution in [0.1, 0.15) is 65.6 Å². The molecule has 5 N–H and O–H groups in total. The quantitative estimate of drug-likeness (QED) is 0.337. The molecule has 34 heavy (non-hydrogen) atoms. The van der Waals surface area contributed by atoms with Gasteiger partial charge in [-0.1, -0.05) is 41.5 Å². The van der Waals surface area contributed by atoms with Gasteiger partial charge in [0, 0.05) is 40.7 Å². The second-order valence-electron chi connectivity index (χ2n) is 11.5. The lowest BCUT2D eigenvalue weighted by Crippen LogP contribution is -2.41. The van der Waals surface area contributed by atoms with E-state index in [0.717, 1.165) is 56.3 Å². The van der Waals surface area contributed by atoms with Crippen molar-refractivity contribution in [3.63, 3.8) is 0 Å². The summed E-state index contributed by atoms with van der Waals surface area (Å²) in [6, 6.07) is 7.77. The molecule has 0 unspecified atom stereocenters. The maximum atomic E-state index is 6.41. The number of imidazole rings is 1. The van der Waals surface area contributed by atoms with Crippen LogP contribution in [0.3, 0.4) is 0 Å². The van der Waals surface area contributed by atoms with Crippen LogP contribution in [0.5, 0.6) is 0 Å². The molecule has 0 aliphatic carbocycles. The number of nitrogens with two attached hydrogens (primary N) is 2. The molecule has 2 atom stereocenters. The van der Waals surface area contributed by atoms with Gasteiger partial charge < -0.3 is 25.3 Å².